The zero-order valence-corrected chi connectivity index (χ0v) is 18.1. The van der Waals surface area contributed by atoms with Gasteiger partial charge in [0.1, 0.15) is 5.60 Å². The molecule has 0 radical (unpaired) electrons. The summed E-state index contributed by atoms with van der Waals surface area (Å²) in [4.78, 5) is 13.7. The van der Waals surface area contributed by atoms with E-state index in [2.05, 4.69) is 4.72 Å². The fourth-order valence-corrected chi connectivity index (χ4v) is 4.32. The number of hydrogen-bond donors (Lipinski definition) is 1. The molecule has 1 aliphatic heterocycles. The summed E-state index contributed by atoms with van der Waals surface area (Å²) in [6, 6.07) is 4.79. The number of piperidine rings is 1. The normalized spacial score (nSPS) is 16.4. The van der Waals surface area contributed by atoms with Crippen molar-refractivity contribution in [3.63, 3.8) is 0 Å². The topological polar surface area (TPSA) is 75.7 Å². The highest BCUT2D eigenvalue weighted by atomic mass is 35.5. The number of sulfonamides is 1. The van der Waals surface area contributed by atoms with Gasteiger partial charge in [0, 0.05) is 19.6 Å². The zero-order valence-electron chi connectivity index (χ0n) is 15.8. The molecule has 0 bridgehead atoms. The van der Waals surface area contributed by atoms with Gasteiger partial charge >= 0.3 is 6.09 Å². The van der Waals surface area contributed by atoms with E-state index in [1.54, 1.807) is 23.1 Å². The zero-order chi connectivity index (χ0) is 20.2. The smallest absolute Gasteiger partial charge is 0.410 e. The number of carbonyl (C=O) groups is 1. The van der Waals surface area contributed by atoms with E-state index in [4.69, 9.17) is 27.9 Å². The minimum Gasteiger partial charge on any atom is -0.444 e. The molecule has 1 aromatic carbocycles. The summed E-state index contributed by atoms with van der Waals surface area (Å²) in [6.45, 7) is 6.98. The number of carbonyl (C=O) groups excluding carboxylic acids is 1. The SMILES string of the molecule is CC(C)(C)OC(=O)N1CCC(CNS(=O)(=O)Cc2ccc(Cl)c(Cl)c2)CC1. The van der Waals surface area contributed by atoms with Crippen LogP contribution in [0.2, 0.25) is 10.0 Å². The lowest BCUT2D eigenvalue weighted by Gasteiger charge is -2.33. The molecule has 152 valence electrons. The maximum atomic E-state index is 12.3. The van der Waals surface area contributed by atoms with Crippen LogP contribution < -0.4 is 4.72 Å². The molecule has 9 heteroatoms. The van der Waals surface area contributed by atoms with E-state index in [1.165, 1.54) is 0 Å². The Morgan fingerprint density at radius 3 is 2.41 bits per heavy atom. The molecule has 0 saturated carbocycles. The van der Waals surface area contributed by atoms with Gasteiger partial charge in [-0.1, -0.05) is 29.3 Å². The third kappa shape index (κ3) is 7.49. The lowest BCUT2D eigenvalue weighted by atomic mass is 9.97. The first-order chi connectivity index (χ1) is 12.5. The third-order valence-corrected chi connectivity index (χ3v) is 6.26. The number of likely N-dealkylation sites (tertiary alicyclic amines) is 1. The van der Waals surface area contributed by atoms with Crippen molar-refractivity contribution in [3.8, 4) is 0 Å². The number of hydrogen-bond acceptors (Lipinski definition) is 4. The summed E-state index contributed by atoms with van der Waals surface area (Å²) in [5.41, 5.74) is 0.0605. The Morgan fingerprint density at radius 1 is 1.22 bits per heavy atom. The predicted octanol–water partition coefficient (Wildman–Crippen LogP) is 4.06. The molecule has 1 aliphatic rings. The van der Waals surface area contributed by atoms with Crippen molar-refractivity contribution in [2.24, 2.45) is 5.92 Å². The van der Waals surface area contributed by atoms with E-state index < -0.39 is 15.6 Å². The van der Waals surface area contributed by atoms with Gasteiger partial charge < -0.3 is 9.64 Å². The quantitative estimate of drug-likeness (QED) is 0.754. The lowest BCUT2D eigenvalue weighted by molar-refractivity contribution is 0.0185. The standard InChI is InChI=1S/C18H26Cl2N2O4S/c1-18(2,3)26-17(23)22-8-6-13(7-9-22)11-21-27(24,25)12-14-4-5-15(19)16(20)10-14/h4-5,10,13,21H,6-9,11-12H2,1-3H3. The summed E-state index contributed by atoms with van der Waals surface area (Å²) >= 11 is 11.8. The Morgan fingerprint density at radius 2 is 1.85 bits per heavy atom. The second-order valence-electron chi connectivity index (χ2n) is 7.77. The maximum absolute atomic E-state index is 12.3. The van der Waals surface area contributed by atoms with Crippen LogP contribution in [0.1, 0.15) is 39.2 Å². The molecule has 2 rings (SSSR count). The third-order valence-electron chi connectivity index (χ3n) is 4.20. The summed E-state index contributed by atoms with van der Waals surface area (Å²) in [7, 11) is -3.47. The van der Waals surface area contributed by atoms with Crippen LogP contribution >= 0.6 is 23.2 Å². The molecule has 1 N–H and O–H groups in total. The van der Waals surface area contributed by atoms with Crippen LogP contribution in [-0.4, -0.2) is 44.6 Å². The van der Waals surface area contributed by atoms with Gasteiger partial charge in [0.05, 0.1) is 15.8 Å². The van der Waals surface area contributed by atoms with Crippen molar-refractivity contribution in [2.45, 2.75) is 45.0 Å². The highest BCUT2D eigenvalue weighted by molar-refractivity contribution is 7.88. The van der Waals surface area contributed by atoms with Gasteiger partial charge in [0.2, 0.25) is 10.0 Å². The van der Waals surface area contributed by atoms with Crippen molar-refractivity contribution in [3.05, 3.63) is 33.8 Å². The number of rotatable bonds is 5. The van der Waals surface area contributed by atoms with E-state index in [-0.39, 0.29) is 17.8 Å². The highest BCUT2D eigenvalue weighted by Crippen LogP contribution is 2.24. The van der Waals surface area contributed by atoms with Gasteiger partial charge in [0.25, 0.3) is 0 Å². The van der Waals surface area contributed by atoms with Crippen molar-refractivity contribution in [1.82, 2.24) is 9.62 Å². The Hall–Kier alpha value is -1.02. The molecule has 0 atom stereocenters. The highest BCUT2D eigenvalue weighted by Gasteiger charge is 2.27. The van der Waals surface area contributed by atoms with Gasteiger partial charge in [-0.2, -0.15) is 0 Å². The molecule has 0 aliphatic carbocycles. The molecule has 1 saturated heterocycles. The minimum atomic E-state index is -3.47. The van der Waals surface area contributed by atoms with Crippen molar-refractivity contribution in [2.75, 3.05) is 19.6 Å². The maximum Gasteiger partial charge on any atom is 0.410 e. The van der Waals surface area contributed by atoms with E-state index >= 15 is 0 Å². The number of benzene rings is 1. The molecule has 1 aromatic rings. The van der Waals surface area contributed by atoms with Gasteiger partial charge in [-0.3, -0.25) is 0 Å². The van der Waals surface area contributed by atoms with E-state index in [0.29, 0.717) is 35.2 Å². The van der Waals surface area contributed by atoms with Gasteiger partial charge in [-0.25, -0.2) is 17.9 Å². The molecule has 6 nitrogen and oxygen atoms in total. The van der Waals surface area contributed by atoms with Crippen molar-refractivity contribution in [1.29, 1.82) is 0 Å². The molecular weight excluding hydrogens is 411 g/mol. The summed E-state index contributed by atoms with van der Waals surface area (Å²) in [6.07, 6.45) is 1.14. The Balaban J connectivity index is 1.80. The first-order valence-corrected chi connectivity index (χ1v) is 11.3. The Bertz CT molecular complexity index is 770. The van der Waals surface area contributed by atoms with E-state index in [1.807, 2.05) is 20.8 Å². The fourth-order valence-electron chi connectivity index (χ4n) is 2.79. The predicted molar refractivity (Wildman–Crippen MR) is 108 cm³/mol. The second kappa shape index (κ2) is 8.99. The summed E-state index contributed by atoms with van der Waals surface area (Å²) < 4.78 is 32.6. The average molecular weight is 437 g/mol. The van der Waals surface area contributed by atoms with Crippen LogP contribution in [0.15, 0.2) is 18.2 Å². The lowest BCUT2D eigenvalue weighted by Crippen LogP contribution is -2.43. The van der Waals surface area contributed by atoms with Crippen LogP contribution in [-0.2, 0) is 20.5 Å². The molecule has 0 spiro atoms. The molecule has 1 amide bonds. The second-order valence-corrected chi connectivity index (χ2v) is 10.4. The fraction of sp³-hybridized carbons (Fsp3) is 0.611. The van der Waals surface area contributed by atoms with Gasteiger partial charge in [-0.15, -0.1) is 0 Å². The average Bonchev–Trinajstić information content (AvgIpc) is 2.55. The monoisotopic (exact) mass is 436 g/mol. The first-order valence-electron chi connectivity index (χ1n) is 8.84. The van der Waals surface area contributed by atoms with Crippen molar-refractivity contribution < 1.29 is 17.9 Å². The Kier molecular flexibility index (Phi) is 7.41. The number of nitrogens with zero attached hydrogens (tertiary/aromatic N) is 1. The van der Waals surface area contributed by atoms with Crippen LogP contribution in [0, 0.1) is 5.92 Å². The molecule has 27 heavy (non-hydrogen) atoms. The van der Waals surface area contributed by atoms with Crippen LogP contribution in [0.5, 0.6) is 0 Å². The number of amides is 1. The molecule has 0 aromatic heterocycles. The van der Waals surface area contributed by atoms with Gasteiger partial charge in [0.15, 0.2) is 0 Å². The van der Waals surface area contributed by atoms with Crippen LogP contribution in [0.25, 0.3) is 0 Å². The minimum absolute atomic E-state index is 0.152. The molecule has 0 unspecified atom stereocenters. The van der Waals surface area contributed by atoms with Crippen LogP contribution in [0.4, 0.5) is 4.79 Å². The van der Waals surface area contributed by atoms with Gasteiger partial charge in [-0.05, 0) is 57.2 Å². The van der Waals surface area contributed by atoms with Crippen molar-refractivity contribution >= 4 is 39.3 Å². The number of ether oxygens (including phenoxy) is 1. The summed E-state index contributed by atoms with van der Waals surface area (Å²) in [5.74, 6) is 0.0351. The Labute approximate surface area is 171 Å². The number of nitrogens with one attached hydrogen (secondary N) is 1. The first kappa shape index (κ1) is 22.3. The van der Waals surface area contributed by atoms with Crippen LogP contribution in [0.3, 0.4) is 0 Å². The molecular formula is C18H26Cl2N2O4S. The number of halogens is 2. The largest absolute Gasteiger partial charge is 0.444 e. The van der Waals surface area contributed by atoms with E-state index in [9.17, 15) is 13.2 Å². The molecule has 1 fully saturated rings. The van der Waals surface area contributed by atoms with E-state index in [0.717, 1.165) is 12.8 Å². The summed E-state index contributed by atoms with van der Waals surface area (Å²) in [5, 5.41) is 0.724. The molecule has 1 heterocycles.